The largest absolute Gasteiger partial charge is 0.399 e. The van der Waals surface area contributed by atoms with Crippen LogP contribution in [0.4, 0.5) is 14.5 Å². The molecule has 0 radical (unpaired) electrons. The molecule has 1 heterocycles. The number of nitrogens with two attached hydrogens (primary N) is 1. The fourth-order valence-corrected chi connectivity index (χ4v) is 2.40. The highest BCUT2D eigenvalue weighted by molar-refractivity contribution is 8.01. The van der Waals surface area contributed by atoms with Gasteiger partial charge in [-0.05, 0) is 12.1 Å². The molecule has 15 heavy (non-hydrogen) atoms. The number of hydrogen-bond acceptors (Lipinski definition) is 5. The normalized spacial score (nSPS) is 10.5. The lowest BCUT2D eigenvalue weighted by Gasteiger charge is -2.02. The molecule has 0 fully saturated rings. The van der Waals surface area contributed by atoms with E-state index in [1.54, 1.807) is 0 Å². The van der Waals surface area contributed by atoms with Gasteiger partial charge in [0.05, 0.1) is 4.90 Å². The van der Waals surface area contributed by atoms with Crippen molar-refractivity contribution in [3.05, 3.63) is 29.3 Å². The maximum Gasteiger partial charge on any atom is 0.179 e. The Balaban J connectivity index is 2.36. The molecule has 0 spiro atoms. The predicted molar refractivity (Wildman–Crippen MR) is 54.8 cm³/mol. The predicted octanol–water partition coefficient (Wildman–Crippen LogP) is 2.55. The van der Waals surface area contributed by atoms with Crippen molar-refractivity contribution < 1.29 is 8.78 Å². The van der Waals surface area contributed by atoms with E-state index in [1.807, 2.05) is 0 Å². The first kappa shape index (κ1) is 10.3. The van der Waals surface area contributed by atoms with E-state index >= 15 is 0 Å². The molecule has 3 nitrogen and oxygen atoms in total. The van der Waals surface area contributed by atoms with Gasteiger partial charge in [0.1, 0.15) is 17.1 Å². The third kappa shape index (κ3) is 2.24. The topological polar surface area (TPSA) is 51.8 Å². The molecule has 2 rings (SSSR count). The minimum atomic E-state index is -0.687. The standard InChI is InChI=1S/C8H5F2N3S2/c9-5-1-4(11)2-6(10)7(5)15-8-13-12-3-14-8/h1-3H,11H2. The van der Waals surface area contributed by atoms with Gasteiger partial charge in [0.15, 0.2) is 4.34 Å². The van der Waals surface area contributed by atoms with Crippen molar-refractivity contribution in [3.8, 4) is 0 Å². The molecule has 0 aliphatic rings. The van der Waals surface area contributed by atoms with Crippen molar-refractivity contribution in [1.82, 2.24) is 10.2 Å². The molecule has 0 amide bonds. The molecule has 2 N–H and O–H groups in total. The first-order valence-corrected chi connectivity index (χ1v) is 5.55. The maximum atomic E-state index is 13.3. The maximum absolute atomic E-state index is 13.3. The summed E-state index contributed by atoms with van der Waals surface area (Å²) >= 11 is 2.11. The fraction of sp³-hybridized carbons (Fsp3) is 0. The zero-order valence-corrected chi connectivity index (χ0v) is 8.91. The summed E-state index contributed by atoms with van der Waals surface area (Å²) in [4.78, 5) is -0.110. The third-order valence-electron chi connectivity index (χ3n) is 1.55. The third-order valence-corrected chi connectivity index (χ3v) is 3.42. The van der Waals surface area contributed by atoms with Crippen molar-refractivity contribution in [1.29, 1.82) is 0 Å². The molecule has 0 atom stereocenters. The van der Waals surface area contributed by atoms with Crippen molar-refractivity contribution in [2.45, 2.75) is 9.24 Å². The van der Waals surface area contributed by atoms with E-state index in [2.05, 4.69) is 10.2 Å². The van der Waals surface area contributed by atoms with Gasteiger partial charge < -0.3 is 5.73 Å². The van der Waals surface area contributed by atoms with Crippen LogP contribution < -0.4 is 5.73 Å². The summed E-state index contributed by atoms with van der Waals surface area (Å²) < 4.78 is 27.1. The van der Waals surface area contributed by atoms with Gasteiger partial charge in [0, 0.05) is 5.69 Å². The Morgan fingerprint density at radius 2 is 1.93 bits per heavy atom. The molecule has 1 aromatic heterocycles. The lowest BCUT2D eigenvalue weighted by molar-refractivity contribution is 0.542. The van der Waals surface area contributed by atoms with E-state index in [-0.39, 0.29) is 10.6 Å². The van der Waals surface area contributed by atoms with E-state index in [0.29, 0.717) is 4.34 Å². The van der Waals surface area contributed by atoms with Crippen molar-refractivity contribution in [2.75, 3.05) is 5.73 Å². The molecular formula is C8H5F2N3S2. The summed E-state index contributed by atoms with van der Waals surface area (Å²) in [5.41, 5.74) is 6.84. The lowest BCUT2D eigenvalue weighted by atomic mass is 10.3. The van der Waals surface area contributed by atoms with Crippen LogP contribution in [0.2, 0.25) is 0 Å². The van der Waals surface area contributed by atoms with Crippen molar-refractivity contribution in [2.24, 2.45) is 0 Å². The zero-order valence-electron chi connectivity index (χ0n) is 7.28. The quantitative estimate of drug-likeness (QED) is 0.826. The average Bonchev–Trinajstić information content (AvgIpc) is 2.63. The van der Waals surface area contributed by atoms with E-state index < -0.39 is 11.6 Å². The summed E-state index contributed by atoms with van der Waals surface area (Å²) in [5, 5.41) is 7.26. The second kappa shape index (κ2) is 4.11. The van der Waals surface area contributed by atoms with Crippen LogP contribution in [0.3, 0.4) is 0 Å². The first-order chi connectivity index (χ1) is 7.16. The molecule has 0 aliphatic heterocycles. The molecule has 0 unspecified atom stereocenters. The summed E-state index contributed by atoms with van der Waals surface area (Å²) in [6, 6.07) is 2.15. The van der Waals surface area contributed by atoms with Crippen LogP contribution in [0.25, 0.3) is 0 Å². The number of aromatic nitrogens is 2. The zero-order chi connectivity index (χ0) is 10.8. The van der Waals surface area contributed by atoms with Crippen LogP contribution in [-0.4, -0.2) is 10.2 Å². The van der Waals surface area contributed by atoms with Gasteiger partial charge in [-0.15, -0.1) is 10.2 Å². The van der Waals surface area contributed by atoms with Crippen LogP contribution in [0.1, 0.15) is 0 Å². The molecule has 2 aromatic rings. The Bertz CT molecular complexity index is 450. The number of benzene rings is 1. The smallest absolute Gasteiger partial charge is 0.179 e. The second-order valence-corrected chi connectivity index (χ2v) is 4.71. The highest BCUT2D eigenvalue weighted by Gasteiger charge is 2.13. The Morgan fingerprint density at radius 3 is 2.47 bits per heavy atom. The Kier molecular flexibility index (Phi) is 2.83. The number of nitrogen functional groups attached to an aromatic ring is 1. The van der Waals surface area contributed by atoms with Crippen LogP contribution in [-0.2, 0) is 0 Å². The minimum absolute atomic E-state index is 0.0617. The van der Waals surface area contributed by atoms with Gasteiger partial charge >= 0.3 is 0 Å². The number of nitrogens with zero attached hydrogens (tertiary/aromatic N) is 2. The number of anilines is 1. The summed E-state index contributed by atoms with van der Waals surface area (Å²) in [5.74, 6) is -1.37. The van der Waals surface area contributed by atoms with Crippen molar-refractivity contribution >= 4 is 28.8 Å². The van der Waals surface area contributed by atoms with Crippen LogP contribution >= 0.6 is 23.1 Å². The molecule has 7 heteroatoms. The number of hydrogen-bond donors (Lipinski definition) is 1. The Morgan fingerprint density at radius 1 is 1.27 bits per heavy atom. The van der Waals surface area contributed by atoms with E-state index in [4.69, 9.17) is 5.73 Å². The molecule has 78 valence electrons. The Labute approximate surface area is 92.3 Å². The molecular weight excluding hydrogens is 240 g/mol. The van der Waals surface area contributed by atoms with Gasteiger partial charge in [-0.3, -0.25) is 0 Å². The summed E-state index contributed by atoms with van der Waals surface area (Å²) in [6.45, 7) is 0. The van der Waals surface area contributed by atoms with Gasteiger partial charge in [-0.1, -0.05) is 23.1 Å². The number of halogens is 2. The average molecular weight is 245 g/mol. The van der Waals surface area contributed by atoms with Gasteiger partial charge in [0.25, 0.3) is 0 Å². The SMILES string of the molecule is Nc1cc(F)c(Sc2nncs2)c(F)c1. The molecule has 0 bridgehead atoms. The van der Waals surface area contributed by atoms with Gasteiger partial charge in [0.2, 0.25) is 0 Å². The van der Waals surface area contributed by atoms with Crippen LogP contribution in [0, 0.1) is 11.6 Å². The summed E-state index contributed by atoms with van der Waals surface area (Å²) in [7, 11) is 0. The Hall–Kier alpha value is -1.21. The number of rotatable bonds is 2. The lowest BCUT2D eigenvalue weighted by Crippen LogP contribution is -1.92. The fourth-order valence-electron chi connectivity index (χ4n) is 0.972. The monoisotopic (exact) mass is 245 g/mol. The van der Waals surface area contributed by atoms with Gasteiger partial charge in [-0.2, -0.15) is 0 Å². The van der Waals surface area contributed by atoms with E-state index in [1.165, 1.54) is 16.8 Å². The minimum Gasteiger partial charge on any atom is -0.399 e. The molecule has 0 aliphatic carbocycles. The van der Waals surface area contributed by atoms with Crippen LogP contribution in [0.5, 0.6) is 0 Å². The van der Waals surface area contributed by atoms with E-state index in [0.717, 1.165) is 23.9 Å². The highest BCUT2D eigenvalue weighted by Crippen LogP contribution is 2.33. The molecule has 1 aromatic carbocycles. The highest BCUT2D eigenvalue weighted by atomic mass is 32.2. The van der Waals surface area contributed by atoms with Gasteiger partial charge in [-0.25, -0.2) is 8.78 Å². The molecule has 0 saturated carbocycles. The molecule has 0 saturated heterocycles. The first-order valence-electron chi connectivity index (χ1n) is 3.85. The summed E-state index contributed by atoms with van der Waals surface area (Å²) in [6.07, 6.45) is 0. The van der Waals surface area contributed by atoms with E-state index in [9.17, 15) is 8.78 Å². The van der Waals surface area contributed by atoms with Crippen molar-refractivity contribution in [3.63, 3.8) is 0 Å². The second-order valence-electron chi connectivity index (χ2n) is 2.62. The van der Waals surface area contributed by atoms with Crippen LogP contribution in [0.15, 0.2) is 26.9 Å².